The summed E-state index contributed by atoms with van der Waals surface area (Å²) in [6.45, 7) is 8.54. The van der Waals surface area contributed by atoms with Gasteiger partial charge in [-0.3, -0.25) is 0 Å². The fourth-order valence-electron chi connectivity index (χ4n) is 2.18. The summed E-state index contributed by atoms with van der Waals surface area (Å²) in [4.78, 5) is 0. The van der Waals surface area contributed by atoms with E-state index >= 15 is 0 Å². The summed E-state index contributed by atoms with van der Waals surface area (Å²) < 4.78 is 2.25. The third kappa shape index (κ3) is 1.54. The number of nitrogens with one attached hydrogen (secondary N) is 1. The lowest BCUT2D eigenvalue weighted by Crippen LogP contribution is -2.14. The van der Waals surface area contributed by atoms with Gasteiger partial charge >= 0.3 is 0 Å². The van der Waals surface area contributed by atoms with Gasteiger partial charge in [0.15, 0.2) is 0 Å². The van der Waals surface area contributed by atoms with Gasteiger partial charge in [-0.2, -0.15) is 0 Å². The largest absolute Gasteiger partial charge is 0.316 e. The molecule has 4 heteroatoms. The number of hydrogen-bond acceptors (Lipinski definition) is 3. The molecule has 0 bridgehead atoms. The van der Waals surface area contributed by atoms with E-state index in [9.17, 15) is 0 Å². The van der Waals surface area contributed by atoms with Crippen molar-refractivity contribution in [3.05, 3.63) is 11.6 Å². The van der Waals surface area contributed by atoms with Crippen LogP contribution in [0, 0.1) is 6.92 Å². The van der Waals surface area contributed by atoms with E-state index in [-0.39, 0.29) is 0 Å². The number of aryl methyl sites for hydroxylation is 1. The van der Waals surface area contributed by atoms with Crippen LogP contribution in [-0.2, 0) is 0 Å². The molecule has 0 aromatic carbocycles. The lowest BCUT2D eigenvalue weighted by atomic mass is 10.1. The highest BCUT2D eigenvalue weighted by Gasteiger charge is 2.23. The average Bonchev–Trinajstić information content (AvgIpc) is 2.70. The molecule has 2 heterocycles. The van der Waals surface area contributed by atoms with Crippen LogP contribution in [0.5, 0.6) is 0 Å². The van der Waals surface area contributed by atoms with Crippen molar-refractivity contribution in [3.63, 3.8) is 0 Å². The molecule has 1 saturated heterocycles. The lowest BCUT2D eigenvalue weighted by molar-refractivity contribution is 0.527. The number of nitrogens with zero attached hydrogens (tertiary/aromatic N) is 3. The Bertz CT molecular complexity index is 310. The van der Waals surface area contributed by atoms with Crippen LogP contribution in [0.1, 0.15) is 43.9 Å². The molecule has 1 unspecified atom stereocenters. The SMILES string of the molecule is Cc1nnc(C2CCNC2)n1C(C)C. The first-order valence-corrected chi connectivity index (χ1v) is 5.32. The highest BCUT2D eigenvalue weighted by molar-refractivity contribution is 5.05. The molecule has 0 spiro atoms. The number of aromatic nitrogens is 3. The Labute approximate surface area is 84.7 Å². The summed E-state index contributed by atoms with van der Waals surface area (Å²) in [6.07, 6.45) is 1.19. The molecule has 2 rings (SSSR count). The van der Waals surface area contributed by atoms with Gasteiger partial charge in [0.2, 0.25) is 0 Å². The molecule has 4 nitrogen and oxygen atoms in total. The van der Waals surface area contributed by atoms with Crippen molar-refractivity contribution in [2.75, 3.05) is 13.1 Å². The Kier molecular flexibility index (Phi) is 2.54. The smallest absolute Gasteiger partial charge is 0.137 e. The van der Waals surface area contributed by atoms with Crippen LogP contribution in [0.25, 0.3) is 0 Å². The third-order valence-corrected chi connectivity index (χ3v) is 2.83. The maximum atomic E-state index is 4.29. The normalized spacial score (nSPS) is 22.1. The van der Waals surface area contributed by atoms with E-state index in [1.807, 2.05) is 6.92 Å². The molecule has 78 valence electrons. The minimum atomic E-state index is 0.459. The van der Waals surface area contributed by atoms with Gasteiger partial charge in [0.1, 0.15) is 11.6 Å². The first-order valence-electron chi connectivity index (χ1n) is 5.32. The molecule has 0 amide bonds. The van der Waals surface area contributed by atoms with Gasteiger partial charge in [-0.1, -0.05) is 0 Å². The molecule has 0 saturated carbocycles. The van der Waals surface area contributed by atoms with Crippen molar-refractivity contribution in [1.29, 1.82) is 0 Å². The zero-order valence-electron chi connectivity index (χ0n) is 9.12. The van der Waals surface area contributed by atoms with Crippen molar-refractivity contribution in [2.45, 2.75) is 39.2 Å². The zero-order valence-corrected chi connectivity index (χ0v) is 9.12. The summed E-state index contributed by atoms with van der Waals surface area (Å²) in [5.74, 6) is 2.74. The van der Waals surface area contributed by atoms with Gasteiger partial charge in [0, 0.05) is 18.5 Å². The van der Waals surface area contributed by atoms with Gasteiger partial charge < -0.3 is 9.88 Å². The Hall–Kier alpha value is -0.900. The van der Waals surface area contributed by atoms with E-state index in [4.69, 9.17) is 0 Å². The predicted octanol–water partition coefficient (Wildman–Crippen LogP) is 1.24. The fraction of sp³-hybridized carbons (Fsp3) is 0.800. The highest BCUT2D eigenvalue weighted by Crippen LogP contribution is 2.23. The van der Waals surface area contributed by atoms with Gasteiger partial charge in [0.25, 0.3) is 0 Å². The second-order valence-electron chi connectivity index (χ2n) is 4.26. The highest BCUT2D eigenvalue weighted by atomic mass is 15.3. The topological polar surface area (TPSA) is 42.7 Å². The first-order chi connectivity index (χ1) is 6.70. The van der Waals surface area contributed by atoms with E-state index in [1.165, 1.54) is 6.42 Å². The maximum Gasteiger partial charge on any atom is 0.137 e. The molecule has 1 aliphatic heterocycles. The van der Waals surface area contributed by atoms with E-state index in [0.717, 1.165) is 24.7 Å². The van der Waals surface area contributed by atoms with E-state index in [2.05, 4.69) is 33.9 Å². The first kappa shape index (κ1) is 9.65. The van der Waals surface area contributed by atoms with Gasteiger partial charge in [-0.05, 0) is 33.7 Å². The molecule has 1 aromatic heterocycles. The van der Waals surface area contributed by atoms with Crippen molar-refractivity contribution in [2.24, 2.45) is 0 Å². The minimum absolute atomic E-state index is 0.459. The molecule has 1 fully saturated rings. The predicted molar refractivity (Wildman–Crippen MR) is 55.4 cm³/mol. The van der Waals surface area contributed by atoms with Crippen LogP contribution in [-0.4, -0.2) is 27.9 Å². The zero-order chi connectivity index (χ0) is 10.1. The van der Waals surface area contributed by atoms with E-state index < -0.39 is 0 Å². The Morgan fingerprint density at radius 3 is 2.79 bits per heavy atom. The molecular formula is C10H18N4. The van der Waals surface area contributed by atoms with Crippen LogP contribution in [0.3, 0.4) is 0 Å². The van der Waals surface area contributed by atoms with Gasteiger partial charge in [0.05, 0.1) is 0 Å². The van der Waals surface area contributed by atoms with E-state index in [0.29, 0.717) is 12.0 Å². The molecule has 0 radical (unpaired) electrons. The summed E-state index contributed by atoms with van der Waals surface area (Å²) in [7, 11) is 0. The minimum Gasteiger partial charge on any atom is -0.316 e. The average molecular weight is 194 g/mol. The van der Waals surface area contributed by atoms with Crippen molar-refractivity contribution in [1.82, 2.24) is 20.1 Å². The Morgan fingerprint density at radius 2 is 2.21 bits per heavy atom. The molecule has 14 heavy (non-hydrogen) atoms. The molecule has 1 N–H and O–H groups in total. The molecule has 1 atom stereocenters. The Balaban J connectivity index is 2.32. The van der Waals surface area contributed by atoms with E-state index in [1.54, 1.807) is 0 Å². The fourth-order valence-corrected chi connectivity index (χ4v) is 2.18. The molecule has 1 aromatic rings. The van der Waals surface area contributed by atoms with Gasteiger partial charge in [-0.15, -0.1) is 10.2 Å². The van der Waals surface area contributed by atoms with Crippen LogP contribution in [0.15, 0.2) is 0 Å². The number of rotatable bonds is 2. The maximum absolute atomic E-state index is 4.29. The summed E-state index contributed by atoms with van der Waals surface area (Å²) in [6, 6.07) is 0.459. The summed E-state index contributed by atoms with van der Waals surface area (Å²) >= 11 is 0. The second-order valence-corrected chi connectivity index (χ2v) is 4.26. The monoisotopic (exact) mass is 194 g/mol. The number of hydrogen-bond donors (Lipinski definition) is 1. The van der Waals surface area contributed by atoms with Gasteiger partial charge in [-0.25, -0.2) is 0 Å². The standard InChI is InChI=1S/C10H18N4/c1-7(2)14-8(3)12-13-10(14)9-4-5-11-6-9/h7,9,11H,4-6H2,1-3H3. The van der Waals surface area contributed by atoms with Crippen molar-refractivity contribution >= 4 is 0 Å². The molecular weight excluding hydrogens is 176 g/mol. The van der Waals surface area contributed by atoms with Crippen LogP contribution >= 0.6 is 0 Å². The molecule has 1 aliphatic rings. The van der Waals surface area contributed by atoms with Crippen LogP contribution < -0.4 is 5.32 Å². The van der Waals surface area contributed by atoms with Crippen LogP contribution in [0.4, 0.5) is 0 Å². The quantitative estimate of drug-likeness (QED) is 0.770. The van der Waals surface area contributed by atoms with Crippen molar-refractivity contribution < 1.29 is 0 Å². The second kappa shape index (κ2) is 3.69. The molecule has 0 aliphatic carbocycles. The third-order valence-electron chi connectivity index (χ3n) is 2.83. The summed E-state index contributed by atoms with van der Waals surface area (Å²) in [5.41, 5.74) is 0. The van der Waals surface area contributed by atoms with Crippen molar-refractivity contribution in [3.8, 4) is 0 Å². The Morgan fingerprint density at radius 1 is 1.43 bits per heavy atom. The van der Waals surface area contributed by atoms with Crippen LogP contribution in [0.2, 0.25) is 0 Å². The lowest BCUT2D eigenvalue weighted by Gasteiger charge is -2.15. The summed E-state index contributed by atoms with van der Waals surface area (Å²) in [5, 5.41) is 11.8.